The van der Waals surface area contributed by atoms with Crippen molar-refractivity contribution in [2.45, 2.75) is 57.9 Å². The Morgan fingerprint density at radius 1 is 1.22 bits per heavy atom. The summed E-state index contributed by atoms with van der Waals surface area (Å²) in [5, 5.41) is 9.34. The molecule has 1 heterocycles. The van der Waals surface area contributed by atoms with Crippen LogP contribution in [0.3, 0.4) is 0 Å². The highest BCUT2D eigenvalue weighted by atomic mass is 16.4. The van der Waals surface area contributed by atoms with Gasteiger partial charge in [-0.25, -0.2) is 4.79 Å². The normalized spacial score (nSPS) is 36.7. The number of likely N-dealkylation sites (tertiary alicyclic amines) is 1. The zero-order valence-corrected chi connectivity index (χ0v) is 11.3. The van der Waals surface area contributed by atoms with Gasteiger partial charge in [-0.15, -0.1) is 0 Å². The first-order valence-electron chi connectivity index (χ1n) is 7.00. The zero-order valence-electron chi connectivity index (χ0n) is 11.3. The molecule has 0 bridgehead atoms. The molecular weight excluding hydrogens is 230 g/mol. The first-order chi connectivity index (χ1) is 8.45. The number of nitrogens with zero attached hydrogens (tertiary/aromatic N) is 1. The van der Waals surface area contributed by atoms with E-state index >= 15 is 0 Å². The molecule has 2 fully saturated rings. The van der Waals surface area contributed by atoms with Crippen LogP contribution < -0.4 is 0 Å². The number of hydrogen-bond donors (Lipinski definition) is 1. The Kier molecular flexibility index (Phi) is 3.64. The Labute approximate surface area is 108 Å². The quantitative estimate of drug-likeness (QED) is 0.821. The van der Waals surface area contributed by atoms with Crippen LogP contribution in [-0.4, -0.2) is 34.0 Å². The molecule has 2 rings (SSSR count). The summed E-state index contributed by atoms with van der Waals surface area (Å²) in [6.07, 6.45) is 5.41. The standard InChI is InChI=1S/C14H23NO3/c1-10-4-6-11(7-5-10)12(16)15-9-3-8-14(15,2)13(17)18/h10-11H,3-9H2,1-2H3,(H,17,18). The smallest absolute Gasteiger partial charge is 0.329 e. The zero-order chi connectivity index (χ0) is 13.3. The maximum atomic E-state index is 12.5. The molecule has 0 radical (unpaired) electrons. The van der Waals surface area contributed by atoms with E-state index in [0.717, 1.165) is 32.1 Å². The summed E-state index contributed by atoms with van der Waals surface area (Å²) >= 11 is 0. The third-order valence-corrected chi connectivity index (χ3v) is 4.73. The Bertz CT molecular complexity index is 347. The summed E-state index contributed by atoms with van der Waals surface area (Å²) in [5.41, 5.74) is -0.972. The molecule has 0 aromatic rings. The van der Waals surface area contributed by atoms with Crippen molar-refractivity contribution in [2.24, 2.45) is 11.8 Å². The molecule has 102 valence electrons. The maximum absolute atomic E-state index is 12.5. The number of rotatable bonds is 2. The van der Waals surface area contributed by atoms with Gasteiger partial charge in [-0.3, -0.25) is 4.79 Å². The third-order valence-electron chi connectivity index (χ3n) is 4.73. The Morgan fingerprint density at radius 3 is 2.39 bits per heavy atom. The minimum absolute atomic E-state index is 0.0537. The fourth-order valence-electron chi connectivity index (χ4n) is 3.27. The molecule has 1 aliphatic carbocycles. The van der Waals surface area contributed by atoms with Crippen LogP contribution in [0.2, 0.25) is 0 Å². The Balaban J connectivity index is 2.06. The van der Waals surface area contributed by atoms with Crippen LogP contribution in [-0.2, 0) is 9.59 Å². The van der Waals surface area contributed by atoms with Gasteiger partial charge in [-0.05, 0) is 51.4 Å². The van der Waals surface area contributed by atoms with E-state index in [0.29, 0.717) is 18.9 Å². The van der Waals surface area contributed by atoms with Crippen molar-refractivity contribution in [3.8, 4) is 0 Å². The highest BCUT2D eigenvalue weighted by Gasteiger charge is 2.47. The van der Waals surface area contributed by atoms with Gasteiger partial charge >= 0.3 is 5.97 Å². The number of hydrogen-bond acceptors (Lipinski definition) is 2. The van der Waals surface area contributed by atoms with Gasteiger partial charge in [0.15, 0.2) is 0 Å². The summed E-state index contributed by atoms with van der Waals surface area (Å²) in [6.45, 7) is 4.51. The lowest BCUT2D eigenvalue weighted by atomic mass is 9.82. The molecule has 1 amide bonds. The molecule has 1 N–H and O–H groups in total. The van der Waals surface area contributed by atoms with Crippen LogP contribution in [0.1, 0.15) is 52.4 Å². The average molecular weight is 253 g/mol. The van der Waals surface area contributed by atoms with Crippen molar-refractivity contribution in [3.63, 3.8) is 0 Å². The first kappa shape index (κ1) is 13.4. The molecule has 0 aromatic heterocycles. The molecule has 1 saturated carbocycles. The van der Waals surface area contributed by atoms with Crippen molar-refractivity contribution < 1.29 is 14.7 Å². The van der Waals surface area contributed by atoms with E-state index in [1.54, 1.807) is 11.8 Å². The molecule has 4 heteroatoms. The van der Waals surface area contributed by atoms with Gasteiger partial charge in [-0.1, -0.05) is 6.92 Å². The van der Waals surface area contributed by atoms with Crippen molar-refractivity contribution in [3.05, 3.63) is 0 Å². The number of carboxylic acids is 1. The summed E-state index contributed by atoms with van der Waals surface area (Å²) < 4.78 is 0. The molecule has 4 nitrogen and oxygen atoms in total. The van der Waals surface area contributed by atoms with Crippen LogP contribution in [0.25, 0.3) is 0 Å². The van der Waals surface area contributed by atoms with Gasteiger partial charge < -0.3 is 10.0 Å². The Morgan fingerprint density at radius 2 is 1.83 bits per heavy atom. The number of aliphatic carboxylic acids is 1. The highest BCUT2D eigenvalue weighted by molar-refractivity contribution is 5.88. The van der Waals surface area contributed by atoms with Crippen LogP contribution in [0, 0.1) is 11.8 Å². The largest absolute Gasteiger partial charge is 0.480 e. The minimum Gasteiger partial charge on any atom is -0.480 e. The predicted molar refractivity (Wildman–Crippen MR) is 68.1 cm³/mol. The summed E-state index contributed by atoms with van der Waals surface area (Å²) in [7, 11) is 0. The van der Waals surface area contributed by atoms with Crippen LogP contribution in [0.5, 0.6) is 0 Å². The first-order valence-corrected chi connectivity index (χ1v) is 7.00. The monoisotopic (exact) mass is 253 g/mol. The molecular formula is C14H23NO3. The Hall–Kier alpha value is -1.06. The number of amides is 1. The maximum Gasteiger partial charge on any atom is 0.329 e. The summed E-state index contributed by atoms with van der Waals surface area (Å²) in [5.74, 6) is -0.0294. The second-order valence-corrected chi connectivity index (χ2v) is 6.13. The molecule has 1 saturated heterocycles. The highest BCUT2D eigenvalue weighted by Crippen LogP contribution is 2.35. The molecule has 0 spiro atoms. The predicted octanol–water partition coefficient (Wildman–Crippen LogP) is 2.28. The topological polar surface area (TPSA) is 57.6 Å². The fourth-order valence-corrected chi connectivity index (χ4v) is 3.27. The number of carboxylic acid groups (broad SMARTS) is 1. The number of carbonyl (C=O) groups is 2. The van der Waals surface area contributed by atoms with Crippen molar-refractivity contribution in [1.82, 2.24) is 4.90 Å². The molecule has 2 aliphatic rings. The lowest BCUT2D eigenvalue weighted by Crippen LogP contribution is -2.52. The molecule has 1 unspecified atom stereocenters. The van der Waals surface area contributed by atoms with E-state index in [1.165, 1.54) is 0 Å². The van der Waals surface area contributed by atoms with Gasteiger partial charge in [0.25, 0.3) is 0 Å². The van der Waals surface area contributed by atoms with E-state index in [9.17, 15) is 14.7 Å². The van der Waals surface area contributed by atoms with E-state index in [-0.39, 0.29) is 11.8 Å². The second-order valence-electron chi connectivity index (χ2n) is 6.13. The van der Waals surface area contributed by atoms with E-state index in [1.807, 2.05) is 0 Å². The van der Waals surface area contributed by atoms with E-state index in [4.69, 9.17) is 0 Å². The lowest BCUT2D eigenvalue weighted by Gasteiger charge is -2.35. The second kappa shape index (κ2) is 4.90. The van der Waals surface area contributed by atoms with Gasteiger partial charge in [0.1, 0.15) is 5.54 Å². The number of carbonyl (C=O) groups excluding carboxylic acids is 1. The van der Waals surface area contributed by atoms with Crippen molar-refractivity contribution in [1.29, 1.82) is 0 Å². The van der Waals surface area contributed by atoms with Crippen LogP contribution in [0.4, 0.5) is 0 Å². The molecule has 1 aliphatic heterocycles. The van der Waals surface area contributed by atoms with E-state index in [2.05, 4.69) is 6.92 Å². The average Bonchev–Trinajstić information content (AvgIpc) is 2.73. The summed E-state index contributed by atoms with van der Waals surface area (Å²) in [6, 6.07) is 0. The summed E-state index contributed by atoms with van der Waals surface area (Å²) in [4.78, 5) is 25.5. The van der Waals surface area contributed by atoms with E-state index < -0.39 is 11.5 Å². The van der Waals surface area contributed by atoms with Gasteiger partial charge in [0, 0.05) is 12.5 Å². The van der Waals surface area contributed by atoms with Crippen LogP contribution in [0.15, 0.2) is 0 Å². The molecule has 1 atom stereocenters. The van der Waals surface area contributed by atoms with Crippen molar-refractivity contribution >= 4 is 11.9 Å². The fraction of sp³-hybridized carbons (Fsp3) is 0.857. The minimum atomic E-state index is -0.972. The SMILES string of the molecule is CC1CCC(C(=O)N2CCCC2(C)C(=O)O)CC1. The molecule has 18 heavy (non-hydrogen) atoms. The van der Waals surface area contributed by atoms with Gasteiger partial charge in [-0.2, -0.15) is 0 Å². The lowest BCUT2D eigenvalue weighted by molar-refractivity contribution is -0.157. The van der Waals surface area contributed by atoms with Crippen molar-refractivity contribution in [2.75, 3.05) is 6.54 Å². The molecule has 0 aromatic carbocycles. The van der Waals surface area contributed by atoms with Gasteiger partial charge in [0.05, 0.1) is 0 Å². The van der Waals surface area contributed by atoms with Gasteiger partial charge in [0.2, 0.25) is 5.91 Å². The third kappa shape index (κ3) is 2.25. The van der Waals surface area contributed by atoms with Crippen LogP contribution >= 0.6 is 0 Å².